The Bertz CT molecular complexity index is 461. The summed E-state index contributed by atoms with van der Waals surface area (Å²) in [6, 6.07) is 3.64. The fourth-order valence-electron chi connectivity index (χ4n) is 1.36. The first kappa shape index (κ1) is 14.4. The van der Waals surface area contributed by atoms with Gasteiger partial charge in [0, 0.05) is 19.3 Å². The quantitative estimate of drug-likeness (QED) is 0.775. The molecule has 0 aliphatic rings. The number of aromatic nitrogens is 1. The lowest BCUT2D eigenvalue weighted by Gasteiger charge is -2.16. The number of likely N-dealkylation sites (N-methyl/N-ethyl adjacent to an activating group) is 1. The van der Waals surface area contributed by atoms with Gasteiger partial charge in [-0.25, -0.2) is 4.98 Å². The van der Waals surface area contributed by atoms with Crippen LogP contribution in [0.5, 0.6) is 0 Å². The summed E-state index contributed by atoms with van der Waals surface area (Å²) in [5, 5.41) is 2.98. The third kappa shape index (κ3) is 3.66. The van der Waals surface area contributed by atoms with Crippen LogP contribution in [-0.2, 0) is 4.79 Å². The van der Waals surface area contributed by atoms with E-state index in [2.05, 4.69) is 10.3 Å². The third-order valence-electron chi connectivity index (χ3n) is 2.61. The Kier molecular flexibility index (Phi) is 5.03. The van der Waals surface area contributed by atoms with E-state index < -0.39 is 0 Å². The van der Waals surface area contributed by atoms with E-state index in [1.54, 1.807) is 18.0 Å². The zero-order valence-corrected chi connectivity index (χ0v) is 11.7. The Balaban J connectivity index is 2.81. The molecule has 1 aromatic rings. The Labute approximate surface area is 112 Å². The number of hydrogen-bond acceptors (Lipinski definition) is 4. The fraction of sp³-hybridized carbons (Fsp3) is 0.417. The topological polar surface area (TPSA) is 71.2 Å². The molecule has 0 saturated heterocycles. The molecule has 0 radical (unpaired) electrons. The molecule has 0 unspecified atom stereocenters. The van der Waals surface area contributed by atoms with Gasteiger partial charge in [0.1, 0.15) is 10.8 Å². The van der Waals surface area contributed by atoms with Crippen LogP contribution in [-0.4, -0.2) is 40.9 Å². The first-order chi connectivity index (χ1) is 8.45. The Morgan fingerprint density at radius 2 is 2.22 bits per heavy atom. The van der Waals surface area contributed by atoms with Crippen LogP contribution in [0.15, 0.2) is 12.1 Å². The molecule has 0 fully saturated rings. The van der Waals surface area contributed by atoms with Gasteiger partial charge in [-0.05, 0) is 26.0 Å². The largest absolute Gasteiger partial charge is 0.389 e. The highest BCUT2D eigenvalue weighted by atomic mass is 32.1. The van der Waals surface area contributed by atoms with E-state index in [4.69, 9.17) is 18.0 Å². The maximum atomic E-state index is 11.7. The molecule has 0 aliphatic heterocycles. The lowest BCUT2D eigenvalue weighted by atomic mass is 10.2. The van der Waals surface area contributed by atoms with Crippen LogP contribution in [0.25, 0.3) is 0 Å². The van der Waals surface area contributed by atoms with E-state index >= 15 is 0 Å². The molecule has 0 saturated carbocycles. The molecule has 18 heavy (non-hydrogen) atoms. The summed E-state index contributed by atoms with van der Waals surface area (Å²) in [7, 11) is 1.75. The number of hydrogen-bond donors (Lipinski definition) is 2. The van der Waals surface area contributed by atoms with Crippen molar-refractivity contribution in [1.82, 2.24) is 9.88 Å². The van der Waals surface area contributed by atoms with Gasteiger partial charge in [-0.15, -0.1) is 0 Å². The molecule has 0 atom stereocenters. The minimum Gasteiger partial charge on any atom is -0.389 e. The minimum atomic E-state index is -0.00491. The zero-order valence-electron chi connectivity index (χ0n) is 10.9. The second-order valence-electron chi connectivity index (χ2n) is 3.97. The highest BCUT2D eigenvalue weighted by Gasteiger charge is 2.10. The number of aryl methyl sites for hydroxylation is 1. The number of nitrogens with zero attached hydrogens (tertiary/aromatic N) is 2. The van der Waals surface area contributed by atoms with Crippen molar-refractivity contribution in [2.45, 2.75) is 13.8 Å². The molecule has 3 N–H and O–H groups in total. The number of pyridine rings is 1. The van der Waals surface area contributed by atoms with Crippen LogP contribution in [0.3, 0.4) is 0 Å². The number of anilines is 1. The maximum absolute atomic E-state index is 11.7. The van der Waals surface area contributed by atoms with E-state index in [0.29, 0.717) is 17.9 Å². The molecule has 98 valence electrons. The molecule has 0 spiro atoms. The van der Waals surface area contributed by atoms with Gasteiger partial charge in [-0.1, -0.05) is 12.2 Å². The molecule has 1 amide bonds. The van der Waals surface area contributed by atoms with E-state index in [9.17, 15) is 4.79 Å². The van der Waals surface area contributed by atoms with Crippen molar-refractivity contribution in [3.05, 3.63) is 23.4 Å². The van der Waals surface area contributed by atoms with Crippen LogP contribution >= 0.6 is 12.2 Å². The van der Waals surface area contributed by atoms with Gasteiger partial charge < -0.3 is 16.0 Å². The second-order valence-corrected chi connectivity index (χ2v) is 4.41. The average molecular weight is 266 g/mol. The molecule has 1 heterocycles. The summed E-state index contributed by atoms with van der Waals surface area (Å²) in [5.74, 6) is 0.551. The standard InChI is InChI=1S/C12H18N4OS/c1-4-16(3)10(17)7-14-12-9(11(13)18)6-5-8(2)15-12/h5-6H,4,7H2,1-3H3,(H2,13,18)(H,14,15). The average Bonchev–Trinajstić information content (AvgIpc) is 2.34. The number of carbonyl (C=O) groups is 1. The molecule has 0 aliphatic carbocycles. The molecule has 0 bridgehead atoms. The van der Waals surface area contributed by atoms with E-state index in [0.717, 1.165) is 5.69 Å². The van der Waals surface area contributed by atoms with Gasteiger partial charge >= 0.3 is 0 Å². The van der Waals surface area contributed by atoms with Gasteiger partial charge in [0.2, 0.25) is 5.91 Å². The van der Waals surface area contributed by atoms with Crippen molar-refractivity contribution in [1.29, 1.82) is 0 Å². The van der Waals surface area contributed by atoms with Gasteiger partial charge in [0.05, 0.1) is 12.1 Å². The molecule has 1 aromatic heterocycles. The number of thiocarbonyl (C=S) groups is 1. The smallest absolute Gasteiger partial charge is 0.241 e. The SMILES string of the molecule is CCN(C)C(=O)CNc1nc(C)ccc1C(N)=S. The van der Waals surface area contributed by atoms with Crippen LogP contribution in [0.4, 0.5) is 5.82 Å². The van der Waals surface area contributed by atoms with Gasteiger partial charge in [0.25, 0.3) is 0 Å². The van der Waals surface area contributed by atoms with Crippen LogP contribution < -0.4 is 11.1 Å². The van der Waals surface area contributed by atoms with Crippen LogP contribution in [0.2, 0.25) is 0 Å². The molecule has 1 rings (SSSR count). The van der Waals surface area contributed by atoms with Gasteiger partial charge in [-0.2, -0.15) is 0 Å². The van der Waals surface area contributed by atoms with E-state index in [1.165, 1.54) is 0 Å². The van der Waals surface area contributed by atoms with Crippen LogP contribution in [0, 0.1) is 6.92 Å². The Morgan fingerprint density at radius 1 is 1.56 bits per heavy atom. The fourth-order valence-corrected chi connectivity index (χ4v) is 1.53. The second kappa shape index (κ2) is 6.30. The summed E-state index contributed by atoms with van der Waals surface area (Å²) in [5.41, 5.74) is 7.11. The lowest BCUT2D eigenvalue weighted by molar-refractivity contribution is -0.127. The minimum absolute atomic E-state index is 0.00491. The number of nitrogens with two attached hydrogens (primary N) is 1. The third-order valence-corrected chi connectivity index (χ3v) is 2.83. The summed E-state index contributed by atoms with van der Waals surface area (Å²) >= 11 is 4.95. The number of amides is 1. The molecular weight excluding hydrogens is 248 g/mol. The van der Waals surface area contributed by atoms with Crippen molar-refractivity contribution < 1.29 is 4.79 Å². The number of rotatable bonds is 5. The normalized spacial score (nSPS) is 9.94. The van der Waals surface area contributed by atoms with E-state index in [1.807, 2.05) is 19.9 Å². The maximum Gasteiger partial charge on any atom is 0.241 e. The molecular formula is C12H18N4OS. The molecule has 6 heteroatoms. The van der Waals surface area contributed by atoms with Crippen LogP contribution in [0.1, 0.15) is 18.2 Å². The summed E-state index contributed by atoms with van der Waals surface area (Å²) in [6.45, 7) is 4.64. The highest BCUT2D eigenvalue weighted by Crippen LogP contribution is 2.13. The predicted octanol–water partition coefficient (Wildman–Crippen LogP) is 0.914. The summed E-state index contributed by atoms with van der Waals surface area (Å²) < 4.78 is 0. The van der Waals surface area contributed by atoms with Gasteiger partial charge in [0.15, 0.2) is 0 Å². The lowest BCUT2D eigenvalue weighted by Crippen LogP contribution is -2.32. The summed E-state index contributed by atoms with van der Waals surface area (Å²) in [4.78, 5) is 17.9. The Hall–Kier alpha value is -1.69. The Morgan fingerprint density at radius 3 is 2.78 bits per heavy atom. The summed E-state index contributed by atoms with van der Waals surface area (Å²) in [6.07, 6.45) is 0. The van der Waals surface area contributed by atoms with Crippen molar-refractivity contribution in [3.8, 4) is 0 Å². The zero-order chi connectivity index (χ0) is 13.7. The first-order valence-corrected chi connectivity index (χ1v) is 6.11. The molecule has 0 aromatic carbocycles. The highest BCUT2D eigenvalue weighted by molar-refractivity contribution is 7.80. The number of carbonyl (C=O) groups excluding carboxylic acids is 1. The van der Waals surface area contributed by atoms with Crippen molar-refractivity contribution >= 4 is 28.9 Å². The predicted molar refractivity (Wildman–Crippen MR) is 76.7 cm³/mol. The van der Waals surface area contributed by atoms with Gasteiger partial charge in [-0.3, -0.25) is 4.79 Å². The molecule has 5 nitrogen and oxygen atoms in total. The number of nitrogens with one attached hydrogen (secondary N) is 1. The van der Waals surface area contributed by atoms with E-state index in [-0.39, 0.29) is 17.4 Å². The van der Waals surface area contributed by atoms with Crippen molar-refractivity contribution in [3.63, 3.8) is 0 Å². The van der Waals surface area contributed by atoms with Crippen molar-refractivity contribution in [2.75, 3.05) is 25.5 Å². The van der Waals surface area contributed by atoms with Crippen molar-refractivity contribution in [2.24, 2.45) is 5.73 Å². The first-order valence-electron chi connectivity index (χ1n) is 5.71. The monoisotopic (exact) mass is 266 g/mol.